The Morgan fingerprint density at radius 1 is 1.10 bits per heavy atom. The van der Waals surface area contributed by atoms with Crippen LogP contribution in [-0.4, -0.2) is 32.2 Å². The van der Waals surface area contributed by atoms with Gasteiger partial charge < -0.3 is 14.6 Å². The predicted octanol–water partition coefficient (Wildman–Crippen LogP) is 3.99. The van der Waals surface area contributed by atoms with Crippen molar-refractivity contribution in [1.29, 1.82) is 0 Å². The number of aryl methyl sites for hydroxylation is 1. The van der Waals surface area contributed by atoms with E-state index in [1.165, 1.54) is 0 Å². The molecule has 1 N–H and O–H groups in total. The molecule has 0 saturated carbocycles. The van der Waals surface area contributed by atoms with Gasteiger partial charge in [0.15, 0.2) is 11.5 Å². The average molecular weight is 406 g/mol. The fourth-order valence-corrected chi connectivity index (χ4v) is 3.85. The Labute approximate surface area is 175 Å². The third-order valence-corrected chi connectivity index (χ3v) is 5.27. The maximum atomic E-state index is 12.8. The van der Waals surface area contributed by atoms with Crippen molar-refractivity contribution in [2.45, 2.75) is 39.3 Å². The summed E-state index contributed by atoms with van der Waals surface area (Å²) >= 11 is 0. The van der Waals surface area contributed by atoms with Gasteiger partial charge in [0.25, 0.3) is 0 Å². The zero-order valence-electron chi connectivity index (χ0n) is 17.6. The molecule has 4 rings (SSSR count). The van der Waals surface area contributed by atoms with Crippen LogP contribution < -0.4 is 10.1 Å². The van der Waals surface area contributed by atoms with Crippen molar-refractivity contribution < 1.29 is 9.53 Å². The number of rotatable bonds is 8. The van der Waals surface area contributed by atoms with Gasteiger partial charge in [0.2, 0.25) is 5.91 Å². The Bertz CT molecular complexity index is 1160. The van der Waals surface area contributed by atoms with Gasteiger partial charge in [-0.25, -0.2) is 0 Å². The maximum Gasteiger partial charge on any atom is 0.222 e. The van der Waals surface area contributed by atoms with E-state index in [9.17, 15) is 4.79 Å². The molecule has 0 radical (unpaired) electrons. The number of nitrogens with one attached hydrogen (secondary N) is 1. The fraction of sp³-hybridized carbons (Fsp3) is 0.348. The van der Waals surface area contributed by atoms with Gasteiger partial charge in [-0.1, -0.05) is 26.0 Å². The normalized spacial score (nSPS) is 12.5. The quantitative estimate of drug-likeness (QED) is 0.481. The van der Waals surface area contributed by atoms with E-state index in [4.69, 9.17) is 4.74 Å². The molecule has 1 amide bonds. The van der Waals surface area contributed by atoms with Crippen LogP contribution in [-0.2, 0) is 11.3 Å². The zero-order chi connectivity index (χ0) is 21.1. The molecule has 156 valence electrons. The molecule has 0 aliphatic heterocycles. The number of fused-ring (bicyclic) bond motifs is 2. The van der Waals surface area contributed by atoms with Crippen LogP contribution in [0.25, 0.3) is 16.6 Å². The number of methoxy groups -OCH3 is 1. The minimum Gasteiger partial charge on any atom is -0.496 e. The second-order valence-electron chi connectivity index (χ2n) is 7.89. The number of hydrogen-bond donors (Lipinski definition) is 1. The number of carbonyl (C=O) groups is 1. The molecule has 7 nitrogen and oxygen atoms in total. The summed E-state index contributed by atoms with van der Waals surface area (Å²) in [5, 5.41) is 12.8. The topological polar surface area (TPSA) is 73.4 Å². The highest BCUT2D eigenvalue weighted by Gasteiger charge is 2.21. The number of aromatic nitrogens is 4. The lowest BCUT2D eigenvalue weighted by atomic mass is 10.0. The first-order valence-electron chi connectivity index (χ1n) is 10.3. The Morgan fingerprint density at radius 3 is 2.77 bits per heavy atom. The number of amides is 1. The third-order valence-electron chi connectivity index (χ3n) is 5.27. The van der Waals surface area contributed by atoms with E-state index in [2.05, 4.69) is 33.9 Å². The summed E-state index contributed by atoms with van der Waals surface area (Å²) < 4.78 is 9.45. The molecule has 0 fully saturated rings. The zero-order valence-corrected chi connectivity index (χ0v) is 17.6. The van der Waals surface area contributed by atoms with Crippen LogP contribution in [0.15, 0.2) is 54.9 Å². The van der Waals surface area contributed by atoms with Crippen molar-refractivity contribution in [2.75, 3.05) is 7.11 Å². The number of nitrogens with zero attached hydrogens (tertiary/aromatic N) is 4. The van der Waals surface area contributed by atoms with Crippen LogP contribution in [0.4, 0.5) is 0 Å². The van der Waals surface area contributed by atoms with Crippen molar-refractivity contribution in [1.82, 2.24) is 24.5 Å². The molecular weight excluding hydrogens is 378 g/mol. The van der Waals surface area contributed by atoms with E-state index < -0.39 is 0 Å². The summed E-state index contributed by atoms with van der Waals surface area (Å²) in [6.07, 6.45) is 5.11. The fourth-order valence-electron chi connectivity index (χ4n) is 3.85. The van der Waals surface area contributed by atoms with Crippen LogP contribution >= 0.6 is 0 Å². The van der Waals surface area contributed by atoms with E-state index in [1.54, 1.807) is 7.11 Å². The van der Waals surface area contributed by atoms with Crippen molar-refractivity contribution in [2.24, 2.45) is 5.92 Å². The van der Waals surface area contributed by atoms with Crippen molar-refractivity contribution in [3.05, 3.63) is 60.7 Å². The van der Waals surface area contributed by atoms with Gasteiger partial charge >= 0.3 is 0 Å². The van der Waals surface area contributed by atoms with Gasteiger partial charge in [0, 0.05) is 30.7 Å². The van der Waals surface area contributed by atoms with Crippen LogP contribution in [0.2, 0.25) is 0 Å². The standard InChI is InChI=1S/C23H27N5O2/c1-16(2)15-18(23-26-25-21-9-4-5-12-28(21)23)24-22(29)11-14-27-13-10-17-19(27)7-6-8-20(17)30-3/h4-10,12-13,16,18H,11,14-15H2,1-3H3,(H,24,29)/t18-/m0/s1. The van der Waals surface area contributed by atoms with E-state index >= 15 is 0 Å². The summed E-state index contributed by atoms with van der Waals surface area (Å²) in [4.78, 5) is 12.8. The molecule has 0 aliphatic carbocycles. The molecule has 0 unspecified atom stereocenters. The highest BCUT2D eigenvalue weighted by molar-refractivity contribution is 5.86. The van der Waals surface area contributed by atoms with Crippen LogP contribution in [0, 0.1) is 5.92 Å². The van der Waals surface area contributed by atoms with E-state index in [0.29, 0.717) is 18.9 Å². The van der Waals surface area contributed by atoms with E-state index in [0.717, 1.165) is 34.5 Å². The van der Waals surface area contributed by atoms with Gasteiger partial charge in [-0.15, -0.1) is 10.2 Å². The largest absolute Gasteiger partial charge is 0.496 e. The lowest BCUT2D eigenvalue weighted by Gasteiger charge is -2.19. The Morgan fingerprint density at radius 2 is 1.97 bits per heavy atom. The van der Waals surface area contributed by atoms with Gasteiger partial charge in [-0.3, -0.25) is 9.20 Å². The maximum absolute atomic E-state index is 12.8. The van der Waals surface area contributed by atoms with Crippen molar-refractivity contribution in [3.8, 4) is 5.75 Å². The molecule has 3 heterocycles. The molecule has 3 aromatic heterocycles. The summed E-state index contributed by atoms with van der Waals surface area (Å²) in [5.74, 6) is 2.01. The number of ether oxygens (including phenoxy) is 1. The molecule has 0 aliphatic rings. The molecule has 1 aromatic carbocycles. The second kappa shape index (κ2) is 8.57. The van der Waals surface area contributed by atoms with E-state index in [1.807, 2.05) is 59.3 Å². The predicted molar refractivity (Wildman–Crippen MR) is 116 cm³/mol. The molecule has 4 aromatic rings. The SMILES string of the molecule is COc1cccc2c1ccn2CCC(=O)N[C@@H](CC(C)C)c1nnc2ccccn12. The molecule has 7 heteroatoms. The number of carbonyl (C=O) groups excluding carboxylic acids is 1. The molecule has 0 bridgehead atoms. The van der Waals surface area contributed by atoms with Crippen molar-refractivity contribution in [3.63, 3.8) is 0 Å². The van der Waals surface area contributed by atoms with Crippen LogP contribution in [0.1, 0.15) is 38.6 Å². The first-order chi connectivity index (χ1) is 14.6. The third kappa shape index (κ3) is 4.01. The first-order valence-corrected chi connectivity index (χ1v) is 10.3. The highest BCUT2D eigenvalue weighted by Crippen LogP contribution is 2.26. The molecule has 30 heavy (non-hydrogen) atoms. The van der Waals surface area contributed by atoms with Crippen LogP contribution in [0.5, 0.6) is 5.75 Å². The first kappa shape index (κ1) is 19.9. The number of benzene rings is 1. The Hall–Kier alpha value is -3.35. The Balaban J connectivity index is 1.48. The van der Waals surface area contributed by atoms with Gasteiger partial charge in [0.05, 0.1) is 18.7 Å². The molecular formula is C23H27N5O2. The van der Waals surface area contributed by atoms with Crippen LogP contribution in [0.3, 0.4) is 0 Å². The summed E-state index contributed by atoms with van der Waals surface area (Å²) in [5.41, 5.74) is 1.84. The van der Waals surface area contributed by atoms with Gasteiger partial charge in [0.1, 0.15) is 5.75 Å². The summed E-state index contributed by atoms with van der Waals surface area (Å²) in [6, 6.07) is 13.6. The molecule has 0 saturated heterocycles. The monoisotopic (exact) mass is 405 g/mol. The van der Waals surface area contributed by atoms with E-state index in [-0.39, 0.29) is 11.9 Å². The van der Waals surface area contributed by atoms with Gasteiger partial charge in [-0.05, 0) is 42.7 Å². The summed E-state index contributed by atoms with van der Waals surface area (Å²) in [7, 11) is 1.67. The number of pyridine rings is 1. The van der Waals surface area contributed by atoms with Gasteiger partial charge in [-0.2, -0.15) is 0 Å². The second-order valence-corrected chi connectivity index (χ2v) is 7.89. The lowest BCUT2D eigenvalue weighted by molar-refractivity contribution is -0.122. The molecule has 1 atom stereocenters. The minimum atomic E-state index is -0.184. The average Bonchev–Trinajstić information content (AvgIpc) is 3.35. The Kier molecular flexibility index (Phi) is 5.70. The lowest BCUT2D eigenvalue weighted by Crippen LogP contribution is -2.31. The number of hydrogen-bond acceptors (Lipinski definition) is 4. The molecule has 0 spiro atoms. The summed E-state index contributed by atoms with van der Waals surface area (Å²) in [6.45, 7) is 4.88. The van der Waals surface area contributed by atoms with Crippen molar-refractivity contribution >= 4 is 22.5 Å². The smallest absolute Gasteiger partial charge is 0.222 e. The highest BCUT2D eigenvalue weighted by atomic mass is 16.5. The minimum absolute atomic E-state index is 0.00178.